The molecule has 0 spiro atoms. The molecule has 1 heterocycles. The third kappa shape index (κ3) is 7.17. The molecule has 1 saturated heterocycles. The maximum absolute atomic E-state index is 12.9. The summed E-state index contributed by atoms with van der Waals surface area (Å²) >= 11 is 0. The van der Waals surface area contributed by atoms with Gasteiger partial charge in [-0.3, -0.25) is 4.79 Å². The molecule has 0 saturated carbocycles. The number of carbonyl (C=O) groups is 2. The minimum absolute atomic E-state index is 0.118. The highest BCUT2D eigenvalue weighted by Crippen LogP contribution is 2.19. The lowest BCUT2D eigenvalue weighted by atomic mass is 9.94. The van der Waals surface area contributed by atoms with E-state index in [1.807, 2.05) is 20.8 Å². The van der Waals surface area contributed by atoms with Crippen LogP contribution in [0.4, 0.5) is 14.9 Å². The van der Waals surface area contributed by atoms with E-state index in [1.54, 1.807) is 4.90 Å². The third-order valence-electron chi connectivity index (χ3n) is 4.44. The zero-order valence-electron chi connectivity index (χ0n) is 16.5. The van der Waals surface area contributed by atoms with Crippen LogP contribution < -0.4 is 10.6 Å². The fraction of sp³-hybridized carbons (Fsp3) is 0.600. The molecule has 1 aromatic carbocycles. The standard InChI is InChI=1S/C20H30FN3O3/c1-14-13-24(19(26)27-20(2,3)4)12-10-17(14)22-11-9-18(25)23-16-7-5-15(21)6-8-16/h5-8,14,17,22H,9-13H2,1-4H3,(H,23,25). The zero-order chi connectivity index (χ0) is 20.0. The average molecular weight is 379 g/mol. The summed E-state index contributed by atoms with van der Waals surface area (Å²) in [5, 5.41) is 6.15. The highest BCUT2D eigenvalue weighted by molar-refractivity contribution is 5.90. The quantitative estimate of drug-likeness (QED) is 0.823. The Bertz CT molecular complexity index is 643. The van der Waals surface area contributed by atoms with Crippen LogP contribution >= 0.6 is 0 Å². The molecular formula is C20H30FN3O3. The number of hydrogen-bond donors (Lipinski definition) is 2. The van der Waals surface area contributed by atoms with Gasteiger partial charge in [-0.2, -0.15) is 0 Å². The van der Waals surface area contributed by atoms with E-state index in [9.17, 15) is 14.0 Å². The number of nitrogens with one attached hydrogen (secondary N) is 2. The molecule has 0 radical (unpaired) electrons. The molecule has 150 valence electrons. The van der Waals surface area contributed by atoms with Crippen molar-refractivity contribution >= 4 is 17.7 Å². The van der Waals surface area contributed by atoms with Crippen LogP contribution in [0.3, 0.4) is 0 Å². The fourth-order valence-corrected chi connectivity index (χ4v) is 3.07. The molecular weight excluding hydrogens is 349 g/mol. The summed E-state index contributed by atoms with van der Waals surface area (Å²) in [6.07, 6.45) is 0.877. The molecule has 2 atom stereocenters. The molecule has 1 fully saturated rings. The number of benzene rings is 1. The fourth-order valence-electron chi connectivity index (χ4n) is 3.07. The van der Waals surface area contributed by atoms with E-state index in [0.717, 1.165) is 6.42 Å². The number of likely N-dealkylation sites (tertiary alicyclic amines) is 1. The predicted molar refractivity (Wildman–Crippen MR) is 103 cm³/mol. The molecule has 2 N–H and O–H groups in total. The molecule has 1 aliphatic rings. The van der Waals surface area contributed by atoms with Gasteiger partial charge >= 0.3 is 6.09 Å². The van der Waals surface area contributed by atoms with Crippen molar-refractivity contribution < 1.29 is 18.7 Å². The van der Waals surface area contributed by atoms with Crippen molar-refractivity contribution in [2.24, 2.45) is 5.92 Å². The Morgan fingerprint density at radius 3 is 2.52 bits per heavy atom. The SMILES string of the molecule is CC1CN(C(=O)OC(C)(C)C)CCC1NCCC(=O)Nc1ccc(F)cc1. The molecule has 0 aromatic heterocycles. The van der Waals surface area contributed by atoms with Crippen molar-refractivity contribution in [2.45, 2.75) is 52.2 Å². The summed E-state index contributed by atoms with van der Waals surface area (Å²) in [5.74, 6) is -0.180. The lowest BCUT2D eigenvalue weighted by Gasteiger charge is -2.38. The summed E-state index contributed by atoms with van der Waals surface area (Å²) in [6, 6.07) is 5.95. The van der Waals surface area contributed by atoms with Crippen LogP contribution in [0.2, 0.25) is 0 Å². The summed E-state index contributed by atoms with van der Waals surface area (Å²) in [5.41, 5.74) is 0.0910. The van der Waals surface area contributed by atoms with E-state index < -0.39 is 5.60 Å². The minimum atomic E-state index is -0.493. The lowest BCUT2D eigenvalue weighted by molar-refractivity contribution is -0.116. The van der Waals surface area contributed by atoms with E-state index in [2.05, 4.69) is 17.6 Å². The van der Waals surface area contributed by atoms with Gasteiger partial charge in [-0.1, -0.05) is 6.92 Å². The second-order valence-electron chi connectivity index (χ2n) is 8.06. The number of halogens is 1. The summed E-state index contributed by atoms with van der Waals surface area (Å²) in [6.45, 7) is 9.49. The predicted octanol–water partition coefficient (Wildman–Crippen LogP) is 3.39. The van der Waals surface area contributed by atoms with E-state index in [-0.39, 0.29) is 29.8 Å². The van der Waals surface area contributed by atoms with Crippen molar-refractivity contribution in [1.29, 1.82) is 0 Å². The summed E-state index contributed by atoms with van der Waals surface area (Å²) in [7, 11) is 0. The zero-order valence-corrected chi connectivity index (χ0v) is 16.5. The highest BCUT2D eigenvalue weighted by Gasteiger charge is 2.30. The monoisotopic (exact) mass is 379 g/mol. The molecule has 1 aromatic rings. The Hall–Kier alpha value is -2.15. The minimum Gasteiger partial charge on any atom is -0.444 e. The topological polar surface area (TPSA) is 70.7 Å². The Labute approximate surface area is 160 Å². The summed E-state index contributed by atoms with van der Waals surface area (Å²) < 4.78 is 18.3. The van der Waals surface area contributed by atoms with Gasteiger partial charge in [0.1, 0.15) is 11.4 Å². The first-order valence-corrected chi connectivity index (χ1v) is 9.41. The van der Waals surface area contributed by atoms with Crippen LogP contribution in [0, 0.1) is 11.7 Å². The largest absolute Gasteiger partial charge is 0.444 e. The molecule has 27 heavy (non-hydrogen) atoms. The van der Waals surface area contributed by atoms with Crippen molar-refractivity contribution in [1.82, 2.24) is 10.2 Å². The second kappa shape index (κ2) is 9.17. The molecule has 2 amide bonds. The van der Waals surface area contributed by atoms with Crippen LogP contribution in [0.1, 0.15) is 40.5 Å². The number of amides is 2. The number of carbonyl (C=O) groups excluding carboxylic acids is 2. The van der Waals surface area contributed by atoms with Crippen LogP contribution in [0.5, 0.6) is 0 Å². The highest BCUT2D eigenvalue weighted by atomic mass is 19.1. The molecule has 7 heteroatoms. The molecule has 0 bridgehead atoms. The molecule has 6 nitrogen and oxygen atoms in total. The number of hydrogen-bond acceptors (Lipinski definition) is 4. The van der Waals surface area contributed by atoms with Crippen LogP contribution in [0.15, 0.2) is 24.3 Å². The van der Waals surface area contributed by atoms with Gasteiger partial charge in [0.05, 0.1) is 0 Å². The van der Waals surface area contributed by atoms with Gasteiger partial charge in [-0.25, -0.2) is 9.18 Å². The number of anilines is 1. The molecule has 0 aliphatic carbocycles. The Kier molecular flexibility index (Phi) is 7.18. The van der Waals surface area contributed by atoms with Gasteiger partial charge in [-0.15, -0.1) is 0 Å². The van der Waals surface area contributed by atoms with Crippen LogP contribution in [0.25, 0.3) is 0 Å². The van der Waals surface area contributed by atoms with Crippen molar-refractivity contribution in [3.05, 3.63) is 30.1 Å². The Balaban J connectivity index is 1.70. The molecule has 2 rings (SSSR count). The molecule has 2 unspecified atom stereocenters. The van der Waals surface area contributed by atoms with Gasteiger partial charge in [0.15, 0.2) is 0 Å². The van der Waals surface area contributed by atoms with Crippen molar-refractivity contribution in [3.63, 3.8) is 0 Å². The molecule has 1 aliphatic heterocycles. The number of ether oxygens (including phenoxy) is 1. The number of rotatable bonds is 5. The average Bonchev–Trinajstić information content (AvgIpc) is 2.57. The lowest BCUT2D eigenvalue weighted by Crippen LogP contribution is -2.51. The van der Waals surface area contributed by atoms with E-state index in [0.29, 0.717) is 31.7 Å². The van der Waals surface area contributed by atoms with Gasteiger partial charge in [0.2, 0.25) is 5.91 Å². The van der Waals surface area contributed by atoms with Crippen LogP contribution in [-0.4, -0.2) is 48.2 Å². The third-order valence-corrected chi connectivity index (χ3v) is 4.44. The summed E-state index contributed by atoms with van der Waals surface area (Å²) in [4.78, 5) is 25.9. The maximum Gasteiger partial charge on any atom is 0.410 e. The van der Waals surface area contributed by atoms with Gasteiger partial charge in [-0.05, 0) is 57.4 Å². The van der Waals surface area contributed by atoms with Crippen molar-refractivity contribution in [2.75, 3.05) is 25.0 Å². The Morgan fingerprint density at radius 1 is 1.26 bits per heavy atom. The van der Waals surface area contributed by atoms with E-state index in [4.69, 9.17) is 4.74 Å². The van der Waals surface area contributed by atoms with Gasteiger partial charge in [0.25, 0.3) is 0 Å². The number of piperidine rings is 1. The first-order chi connectivity index (χ1) is 12.6. The first kappa shape index (κ1) is 21.2. The second-order valence-corrected chi connectivity index (χ2v) is 8.06. The first-order valence-electron chi connectivity index (χ1n) is 9.41. The van der Waals surface area contributed by atoms with Gasteiger partial charge in [0, 0.05) is 37.8 Å². The number of nitrogens with zero attached hydrogens (tertiary/aromatic N) is 1. The van der Waals surface area contributed by atoms with Crippen LogP contribution in [-0.2, 0) is 9.53 Å². The van der Waals surface area contributed by atoms with Crippen molar-refractivity contribution in [3.8, 4) is 0 Å². The normalized spacial score (nSPS) is 20.3. The van der Waals surface area contributed by atoms with Gasteiger partial charge < -0.3 is 20.3 Å². The van der Waals surface area contributed by atoms with E-state index in [1.165, 1.54) is 24.3 Å². The smallest absolute Gasteiger partial charge is 0.410 e. The Morgan fingerprint density at radius 2 is 1.93 bits per heavy atom. The van der Waals surface area contributed by atoms with E-state index >= 15 is 0 Å². The maximum atomic E-state index is 12.9.